The monoisotopic (exact) mass is 408 g/mol. The van der Waals surface area contributed by atoms with Gasteiger partial charge in [0.25, 0.3) is 0 Å². The van der Waals surface area contributed by atoms with Crippen LogP contribution in [0.1, 0.15) is 5.56 Å². The van der Waals surface area contributed by atoms with Gasteiger partial charge < -0.3 is 4.90 Å². The van der Waals surface area contributed by atoms with E-state index in [9.17, 15) is 13.2 Å². The Morgan fingerprint density at radius 2 is 1.83 bits per heavy atom. The minimum atomic E-state index is -3.69. The first-order valence-corrected chi connectivity index (χ1v) is 9.73. The van der Waals surface area contributed by atoms with E-state index in [2.05, 4.69) is 15.9 Å². The second-order valence-electron chi connectivity index (χ2n) is 5.64. The van der Waals surface area contributed by atoms with Crippen molar-refractivity contribution in [3.63, 3.8) is 0 Å². The Morgan fingerprint density at radius 1 is 1.17 bits per heavy atom. The normalized spacial score (nSPS) is 14.0. The fourth-order valence-electron chi connectivity index (χ4n) is 2.74. The van der Waals surface area contributed by atoms with Gasteiger partial charge in [0.05, 0.1) is 11.4 Å². The molecule has 0 aliphatic carbocycles. The number of carbonyl (C=O) groups excluding carboxylic acids is 1. The first-order chi connectivity index (χ1) is 11.4. The molecule has 0 aromatic heterocycles. The number of rotatable bonds is 4. The number of fused-ring (bicyclic) bond motifs is 1. The average Bonchev–Trinajstić information content (AvgIpc) is 2.99. The Kier molecular flexibility index (Phi) is 4.76. The summed E-state index contributed by atoms with van der Waals surface area (Å²) in [6.07, 6.45) is 0.797. The van der Waals surface area contributed by atoms with Crippen molar-refractivity contribution in [2.45, 2.75) is 11.3 Å². The molecule has 5 nitrogen and oxygen atoms in total. The minimum Gasteiger partial charge on any atom is -0.311 e. The van der Waals surface area contributed by atoms with Crippen LogP contribution in [-0.4, -0.2) is 38.8 Å². The Hall–Kier alpha value is -1.70. The number of amides is 1. The smallest absolute Gasteiger partial charge is 0.243 e. The van der Waals surface area contributed by atoms with E-state index in [1.165, 1.54) is 19.2 Å². The van der Waals surface area contributed by atoms with Crippen molar-refractivity contribution in [1.29, 1.82) is 0 Å². The number of anilines is 1. The van der Waals surface area contributed by atoms with Crippen molar-refractivity contribution in [2.75, 3.05) is 25.0 Å². The summed E-state index contributed by atoms with van der Waals surface area (Å²) in [7, 11) is -2.26. The van der Waals surface area contributed by atoms with Crippen LogP contribution < -0.4 is 4.90 Å². The van der Waals surface area contributed by atoms with E-state index in [1.807, 2.05) is 24.3 Å². The van der Waals surface area contributed by atoms with E-state index in [-0.39, 0.29) is 17.3 Å². The molecule has 1 aliphatic heterocycles. The summed E-state index contributed by atoms with van der Waals surface area (Å²) in [6.45, 7) is 0.400. The second-order valence-corrected chi connectivity index (χ2v) is 8.60. The lowest BCUT2D eigenvalue weighted by Gasteiger charge is -2.22. The van der Waals surface area contributed by atoms with Crippen LogP contribution in [0.25, 0.3) is 0 Å². The van der Waals surface area contributed by atoms with Crippen molar-refractivity contribution in [3.05, 3.63) is 58.6 Å². The molecule has 24 heavy (non-hydrogen) atoms. The van der Waals surface area contributed by atoms with Gasteiger partial charge in [-0.3, -0.25) is 4.79 Å². The van der Waals surface area contributed by atoms with Gasteiger partial charge in [-0.1, -0.05) is 34.1 Å². The van der Waals surface area contributed by atoms with Crippen LogP contribution >= 0.6 is 15.9 Å². The topological polar surface area (TPSA) is 57.7 Å². The van der Waals surface area contributed by atoms with Gasteiger partial charge in [0, 0.05) is 23.8 Å². The molecular weight excluding hydrogens is 392 g/mol. The summed E-state index contributed by atoms with van der Waals surface area (Å²) in [5.41, 5.74) is 1.99. The molecule has 1 heterocycles. The predicted molar refractivity (Wildman–Crippen MR) is 96.5 cm³/mol. The fourth-order valence-corrected chi connectivity index (χ4v) is 4.13. The molecule has 1 amide bonds. The van der Waals surface area contributed by atoms with Gasteiger partial charge in [-0.15, -0.1) is 0 Å². The SMILES string of the molecule is CN(CC(=O)N1CCc2ccccc21)S(=O)(=O)c1ccc(Br)cc1. The number of nitrogens with zero attached hydrogens (tertiary/aromatic N) is 2. The maximum atomic E-state index is 12.6. The molecule has 0 fully saturated rings. The van der Waals surface area contributed by atoms with Gasteiger partial charge in [-0.2, -0.15) is 4.31 Å². The highest BCUT2D eigenvalue weighted by Gasteiger charge is 2.28. The third-order valence-electron chi connectivity index (χ3n) is 4.07. The van der Waals surface area contributed by atoms with E-state index < -0.39 is 10.0 Å². The van der Waals surface area contributed by atoms with Crippen molar-refractivity contribution in [3.8, 4) is 0 Å². The zero-order chi connectivity index (χ0) is 17.3. The largest absolute Gasteiger partial charge is 0.311 e. The lowest BCUT2D eigenvalue weighted by molar-refractivity contribution is -0.118. The van der Waals surface area contributed by atoms with Gasteiger partial charge in [-0.25, -0.2) is 8.42 Å². The number of sulfonamides is 1. The van der Waals surface area contributed by atoms with E-state index in [1.54, 1.807) is 17.0 Å². The number of hydrogen-bond acceptors (Lipinski definition) is 3. The summed E-state index contributed by atoms with van der Waals surface area (Å²) >= 11 is 3.28. The molecule has 0 radical (unpaired) electrons. The molecule has 0 spiro atoms. The quantitative estimate of drug-likeness (QED) is 0.780. The zero-order valence-corrected chi connectivity index (χ0v) is 15.5. The Balaban J connectivity index is 1.76. The van der Waals surface area contributed by atoms with Crippen LogP contribution in [-0.2, 0) is 21.2 Å². The molecule has 0 N–H and O–H groups in total. The molecule has 0 bridgehead atoms. The third-order valence-corrected chi connectivity index (χ3v) is 6.41. The van der Waals surface area contributed by atoms with Crippen LogP contribution in [0, 0.1) is 0 Å². The Labute approximate surface area is 150 Å². The minimum absolute atomic E-state index is 0.169. The number of carbonyl (C=O) groups is 1. The number of likely N-dealkylation sites (N-methyl/N-ethyl adjacent to an activating group) is 1. The van der Waals surface area contributed by atoms with E-state index in [4.69, 9.17) is 0 Å². The van der Waals surface area contributed by atoms with Gasteiger partial charge in [0.1, 0.15) is 0 Å². The van der Waals surface area contributed by atoms with Gasteiger partial charge in [0.2, 0.25) is 15.9 Å². The highest BCUT2D eigenvalue weighted by atomic mass is 79.9. The first-order valence-electron chi connectivity index (χ1n) is 7.50. The maximum absolute atomic E-state index is 12.6. The molecule has 7 heteroatoms. The summed E-state index contributed by atoms with van der Waals surface area (Å²) in [4.78, 5) is 14.4. The third kappa shape index (κ3) is 3.24. The molecule has 3 rings (SSSR count). The summed E-state index contributed by atoms with van der Waals surface area (Å²) < 4.78 is 27.1. The summed E-state index contributed by atoms with van der Waals surface area (Å²) in [5.74, 6) is -0.219. The van der Waals surface area contributed by atoms with Crippen molar-refractivity contribution in [1.82, 2.24) is 4.31 Å². The number of para-hydroxylation sites is 1. The van der Waals surface area contributed by atoms with Gasteiger partial charge >= 0.3 is 0 Å². The van der Waals surface area contributed by atoms with E-state index in [0.717, 1.165) is 26.4 Å². The van der Waals surface area contributed by atoms with Crippen LogP contribution in [0.2, 0.25) is 0 Å². The van der Waals surface area contributed by atoms with Crippen LogP contribution in [0.15, 0.2) is 57.9 Å². The lowest BCUT2D eigenvalue weighted by Crippen LogP contribution is -2.40. The zero-order valence-electron chi connectivity index (χ0n) is 13.1. The van der Waals surface area contributed by atoms with Gasteiger partial charge in [0.15, 0.2) is 0 Å². The molecule has 2 aromatic carbocycles. The number of benzene rings is 2. The molecule has 2 aromatic rings. The van der Waals surface area contributed by atoms with Crippen molar-refractivity contribution in [2.24, 2.45) is 0 Å². The first kappa shape index (κ1) is 17.1. The van der Waals surface area contributed by atoms with Crippen LogP contribution in [0.5, 0.6) is 0 Å². The maximum Gasteiger partial charge on any atom is 0.243 e. The molecule has 0 saturated heterocycles. The summed E-state index contributed by atoms with van der Waals surface area (Å²) in [6, 6.07) is 14.1. The average molecular weight is 409 g/mol. The number of halogens is 1. The molecule has 0 atom stereocenters. The molecule has 126 valence electrons. The number of hydrogen-bond donors (Lipinski definition) is 0. The molecule has 1 aliphatic rings. The molecule has 0 unspecified atom stereocenters. The van der Waals surface area contributed by atoms with Crippen molar-refractivity contribution < 1.29 is 13.2 Å². The van der Waals surface area contributed by atoms with Crippen LogP contribution in [0.4, 0.5) is 5.69 Å². The van der Waals surface area contributed by atoms with E-state index in [0.29, 0.717) is 6.54 Å². The highest BCUT2D eigenvalue weighted by Crippen LogP contribution is 2.27. The lowest BCUT2D eigenvalue weighted by atomic mass is 10.2. The molecular formula is C17H17BrN2O3S. The standard InChI is InChI=1S/C17H17BrN2O3S/c1-19(24(22,23)15-8-6-14(18)7-9-15)12-17(21)20-11-10-13-4-2-3-5-16(13)20/h2-9H,10-12H2,1H3. The van der Waals surface area contributed by atoms with E-state index >= 15 is 0 Å². The van der Waals surface area contributed by atoms with Crippen molar-refractivity contribution >= 4 is 37.5 Å². The second kappa shape index (κ2) is 6.66. The van der Waals surface area contributed by atoms with Gasteiger partial charge in [-0.05, 0) is 42.3 Å². The predicted octanol–water partition coefficient (Wildman–Crippen LogP) is 2.66. The highest BCUT2D eigenvalue weighted by molar-refractivity contribution is 9.10. The molecule has 0 saturated carbocycles. The van der Waals surface area contributed by atoms with Crippen LogP contribution in [0.3, 0.4) is 0 Å². The Bertz CT molecular complexity index is 866. The Morgan fingerprint density at radius 3 is 2.54 bits per heavy atom. The fraction of sp³-hybridized carbons (Fsp3) is 0.235. The summed E-state index contributed by atoms with van der Waals surface area (Å²) in [5, 5.41) is 0.